The van der Waals surface area contributed by atoms with Gasteiger partial charge in [0.2, 0.25) is 17.2 Å². The van der Waals surface area contributed by atoms with Gasteiger partial charge in [-0.2, -0.15) is 0 Å². The number of hydrogen-bond acceptors (Lipinski definition) is 10. The third-order valence-corrected chi connectivity index (χ3v) is 10.7. The van der Waals surface area contributed by atoms with Crippen molar-refractivity contribution < 1.29 is 33.1 Å². The number of aromatic amines is 2. The summed E-state index contributed by atoms with van der Waals surface area (Å²) in [6, 6.07) is 6.92. The molecule has 2 aromatic carbocycles. The normalized spacial score (nSPS) is 15.2. The van der Waals surface area contributed by atoms with Crippen LogP contribution in [0.4, 0.5) is 9.59 Å². The lowest BCUT2D eigenvalue weighted by atomic mass is 10.0. The number of alkyl carbamates (subject to hydrolysis) is 2. The molecule has 1 aliphatic rings. The Bertz CT molecular complexity index is 2370. The second kappa shape index (κ2) is 18.1. The zero-order valence-electron chi connectivity index (χ0n) is 33.4. The number of benzene rings is 2. The Morgan fingerprint density at radius 3 is 2.29 bits per heavy atom. The summed E-state index contributed by atoms with van der Waals surface area (Å²) in [5, 5.41) is 9.14. The molecule has 308 valence electrons. The second-order valence-corrected chi connectivity index (χ2v) is 15.5. The van der Waals surface area contributed by atoms with Crippen LogP contribution in [0.3, 0.4) is 0 Å². The lowest BCUT2D eigenvalue weighted by molar-refractivity contribution is -0.135. The number of nitrogens with one attached hydrogen (secondary N) is 5. The molecule has 0 bridgehead atoms. The molecule has 0 spiro atoms. The molecule has 0 saturated carbocycles. The first-order valence-corrected chi connectivity index (χ1v) is 19.7. The van der Waals surface area contributed by atoms with E-state index < -0.39 is 24.3 Å². The van der Waals surface area contributed by atoms with Crippen LogP contribution >= 0.6 is 11.6 Å². The first kappa shape index (κ1) is 41.7. The quantitative estimate of drug-likeness (QED) is 0.0628. The van der Waals surface area contributed by atoms with Crippen molar-refractivity contribution in [2.75, 3.05) is 27.3 Å². The van der Waals surface area contributed by atoms with Crippen molar-refractivity contribution >= 4 is 57.5 Å². The molecule has 16 nitrogen and oxygen atoms in total. The number of carbonyl (C=O) groups is 4. The van der Waals surface area contributed by atoms with Gasteiger partial charge in [0.15, 0.2) is 0 Å². The van der Waals surface area contributed by atoms with Gasteiger partial charge in [0.25, 0.3) is 0 Å². The topological polar surface area (TPSA) is 214 Å². The van der Waals surface area contributed by atoms with Crippen molar-refractivity contribution in [1.29, 1.82) is 0 Å². The highest BCUT2D eigenvalue weighted by atomic mass is 35.5. The molecule has 5 N–H and O–H groups in total. The van der Waals surface area contributed by atoms with E-state index in [-0.39, 0.29) is 35.1 Å². The predicted octanol–water partition coefficient (Wildman–Crippen LogP) is 6.24. The van der Waals surface area contributed by atoms with Gasteiger partial charge in [0.05, 0.1) is 59.8 Å². The zero-order valence-corrected chi connectivity index (χ0v) is 34.1. The third-order valence-electron chi connectivity index (χ3n) is 10.4. The number of amides is 4. The smallest absolute Gasteiger partial charge is 0.407 e. The predicted molar refractivity (Wildman–Crippen MR) is 218 cm³/mol. The van der Waals surface area contributed by atoms with E-state index in [2.05, 4.69) is 40.6 Å². The molecule has 3 aromatic heterocycles. The van der Waals surface area contributed by atoms with Crippen LogP contribution in [0, 0.1) is 11.8 Å². The zero-order chi connectivity index (χ0) is 41.7. The van der Waals surface area contributed by atoms with Crippen LogP contribution in [0.2, 0.25) is 5.02 Å². The number of halogens is 1. The number of aryl methyl sites for hydroxylation is 1. The molecule has 5 aromatic rings. The summed E-state index contributed by atoms with van der Waals surface area (Å²) in [4.78, 5) is 81.2. The molecule has 4 amide bonds. The van der Waals surface area contributed by atoms with E-state index in [1.54, 1.807) is 41.6 Å². The van der Waals surface area contributed by atoms with Gasteiger partial charge in [-0.25, -0.2) is 19.6 Å². The van der Waals surface area contributed by atoms with E-state index in [4.69, 9.17) is 20.8 Å². The van der Waals surface area contributed by atoms with Gasteiger partial charge < -0.3 is 44.7 Å². The fourth-order valence-corrected chi connectivity index (χ4v) is 7.45. The molecule has 0 aliphatic carbocycles. The van der Waals surface area contributed by atoms with E-state index in [0.29, 0.717) is 87.7 Å². The average molecular weight is 817 g/mol. The molecule has 58 heavy (non-hydrogen) atoms. The number of aromatic nitrogens is 4. The molecule has 0 radical (unpaired) electrons. The van der Waals surface area contributed by atoms with Crippen molar-refractivity contribution in [2.45, 2.75) is 77.9 Å². The van der Waals surface area contributed by atoms with Crippen LogP contribution < -0.4 is 21.4 Å². The van der Waals surface area contributed by atoms with Crippen LogP contribution in [-0.4, -0.2) is 88.2 Å². The number of H-pyrrole nitrogens is 2. The second-order valence-electron chi connectivity index (χ2n) is 15.0. The van der Waals surface area contributed by atoms with Gasteiger partial charge in [-0.1, -0.05) is 39.3 Å². The SMILES string of the molecule is COC(=O)N[C@H](C(=O)NCCCCc1ncc(-c2cc3oc4ccc(-c5cnc([C@@H]6CCCN6C(=O)[C@@H](NC(=O)OC)C(C)C)[nH]5)cc4c(=O)c3cc2Cl)[nH]1)C(C)C. The number of imidazole rings is 2. The summed E-state index contributed by atoms with van der Waals surface area (Å²) >= 11 is 6.76. The van der Waals surface area contributed by atoms with E-state index in [0.717, 1.165) is 18.7 Å². The first-order valence-electron chi connectivity index (χ1n) is 19.4. The minimum Gasteiger partial charge on any atom is -0.456 e. The number of ether oxygens (including phenoxy) is 2. The van der Waals surface area contributed by atoms with E-state index >= 15 is 0 Å². The minimum atomic E-state index is -0.744. The fraction of sp³-hybridized carbons (Fsp3) is 0.439. The molecule has 1 fully saturated rings. The molecular weight excluding hydrogens is 768 g/mol. The van der Waals surface area contributed by atoms with E-state index in [1.165, 1.54) is 14.2 Å². The third kappa shape index (κ3) is 9.12. The summed E-state index contributed by atoms with van der Waals surface area (Å²) in [7, 11) is 2.52. The number of rotatable bonds is 14. The Morgan fingerprint density at radius 2 is 1.59 bits per heavy atom. The van der Waals surface area contributed by atoms with E-state index in [9.17, 15) is 24.0 Å². The molecule has 4 heterocycles. The van der Waals surface area contributed by atoms with Crippen molar-refractivity contribution in [3.8, 4) is 22.5 Å². The average Bonchev–Trinajstić information content (AvgIpc) is 4.00. The van der Waals surface area contributed by atoms with Crippen LogP contribution in [0.15, 0.2) is 51.9 Å². The Hall–Kier alpha value is -5.90. The standard InChI is InChI=1S/C41H49ClN8O8/c1-21(2)34(48-40(54)56-5)38(52)43-14-8-7-11-33-44-20-29(46-33)24-18-32-26(17-27(24)42)36(51)25-16-23(12-13-31(25)58-32)28-19-45-37(47-28)30-10-9-15-50(30)39(53)35(22(3)4)49-41(55)57-6/h12-13,16-22,30,34-35H,7-11,14-15H2,1-6H3,(H,43,52)(H,44,46)(H,45,47)(H,48,54)(H,49,55)/t30-,34-,35-/m0/s1. The number of hydrogen-bond donors (Lipinski definition) is 5. The van der Waals surface area contributed by atoms with Crippen molar-refractivity contribution in [3.63, 3.8) is 0 Å². The molecule has 1 aliphatic heterocycles. The van der Waals surface area contributed by atoms with Crippen molar-refractivity contribution in [3.05, 3.63) is 69.6 Å². The number of nitrogens with zero attached hydrogens (tertiary/aromatic N) is 3. The monoisotopic (exact) mass is 816 g/mol. The van der Waals surface area contributed by atoms with Gasteiger partial charge in [-0.15, -0.1) is 0 Å². The van der Waals surface area contributed by atoms with E-state index in [1.807, 2.05) is 33.8 Å². The fourth-order valence-electron chi connectivity index (χ4n) is 7.18. The molecular formula is C41H49ClN8O8. The number of likely N-dealkylation sites (tertiary alicyclic amines) is 1. The molecule has 3 atom stereocenters. The molecule has 0 unspecified atom stereocenters. The van der Waals surface area contributed by atoms with Crippen molar-refractivity contribution in [2.24, 2.45) is 11.8 Å². The first-order chi connectivity index (χ1) is 27.8. The number of methoxy groups -OCH3 is 2. The largest absolute Gasteiger partial charge is 0.456 e. The Balaban J connectivity index is 1.13. The highest BCUT2D eigenvalue weighted by Gasteiger charge is 2.37. The van der Waals surface area contributed by atoms with Gasteiger partial charge in [0.1, 0.15) is 34.9 Å². The summed E-state index contributed by atoms with van der Waals surface area (Å²) in [5.74, 6) is 0.623. The van der Waals surface area contributed by atoms with Gasteiger partial charge in [-0.05, 0) is 67.9 Å². The highest BCUT2D eigenvalue weighted by Crippen LogP contribution is 2.35. The van der Waals surface area contributed by atoms with Crippen molar-refractivity contribution in [1.82, 2.24) is 40.8 Å². The number of fused-ring (bicyclic) bond motifs is 2. The van der Waals surface area contributed by atoms with Gasteiger partial charge in [-0.3, -0.25) is 14.4 Å². The maximum absolute atomic E-state index is 13.9. The van der Waals surface area contributed by atoms with Crippen LogP contribution in [0.25, 0.3) is 44.5 Å². The molecule has 17 heteroatoms. The Morgan fingerprint density at radius 1 is 0.897 bits per heavy atom. The summed E-state index contributed by atoms with van der Waals surface area (Å²) < 4.78 is 15.6. The van der Waals surface area contributed by atoms with Crippen LogP contribution in [0.5, 0.6) is 0 Å². The minimum absolute atomic E-state index is 0.108. The van der Waals surface area contributed by atoms with Gasteiger partial charge >= 0.3 is 12.2 Å². The van der Waals surface area contributed by atoms with Crippen LogP contribution in [0.1, 0.15) is 71.1 Å². The van der Waals surface area contributed by atoms with Gasteiger partial charge in [0, 0.05) is 30.6 Å². The lowest BCUT2D eigenvalue weighted by Gasteiger charge is -2.30. The Kier molecular flexibility index (Phi) is 13.0. The number of unbranched alkanes of at least 4 members (excludes halogenated alkanes) is 1. The maximum Gasteiger partial charge on any atom is 0.407 e. The summed E-state index contributed by atoms with van der Waals surface area (Å²) in [6.45, 7) is 8.39. The van der Waals surface area contributed by atoms with Crippen LogP contribution in [-0.2, 0) is 25.5 Å². The molecule has 1 saturated heterocycles. The maximum atomic E-state index is 13.9. The summed E-state index contributed by atoms with van der Waals surface area (Å²) in [6.07, 6.45) is 5.60. The highest BCUT2D eigenvalue weighted by molar-refractivity contribution is 6.34. The summed E-state index contributed by atoms with van der Waals surface area (Å²) in [5.41, 5.74) is 3.21. The molecule has 6 rings (SSSR count). The Labute approximate surface area is 339 Å². The number of carbonyl (C=O) groups excluding carboxylic acids is 4. The lowest BCUT2D eigenvalue weighted by Crippen LogP contribution is -2.51.